The number of nitrogens with zero attached hydrogens (tertiary/aromatic N) is 1. The summed E-state index contributed by atoms with van der Waals surface area (Å²) in [5.41, 5.74) is 5.03. The maximum absolute atomic E-state index is 12.1. The van der Waals surface area contributed by atoms with Crippen LogP contribution in [0.4, 0.5) is 5.69 Å². The number of anilines is 1. The molecule has 0 bridgehead atoms. The number of hydrazone groups is 1. The lowest BCUT2D eigenvalue weighted by Gasteiger charge is -2.10. The van der Waals surface area contributed by atoms with Crippen LogP contribution in [0.1, 0.15) is 11.1 Å². The Morgan fingerprint density at radius 3 is 2.50 bits per heavy atom. The number of halogens is 1. The van der Waals surface area contributed by atoms with Crippen LogP contribution >= 0.6 is 27.7 Å². The lowest BCUT2D eigenvalue weighted by molar-refractivity contribution is -0.119. The topological polar surface area (TPSA) is 89.0 Å². The number of benzene rings is 3. The van der Waals surface area contributed by atoms with Crippen LogP contribution in [0.25, 0.3) is 0 Å². The first-order valence-corrected chi connectivity index (χ1v) is 12.3. The second kappa shape index (κ2) is 13.4. The summed E-state index contributed by atoms with van der Waals surface area (Å²) in [6.45, 7) is -0.140. The van der Waals surface area contributed by atoms with E-state index in [1.807, 2.05) is 36.4 Å². The highest BCUT2D eigenvalue weighted by Gasteiger charge is 2.08. The number of thioether (sulfide) groups is 1. The van der Waals surface area contributed by atoms with Gasteiger partial charge in [0, 0.05) is 10.2 Å². The molecule has 7 nitrogen and oxygen atoms in total. The van der Waals surface area contributed by atoms with Crippen LogP contribution in [0.3, 0.4) is 0 Å². The molecule has 3 aromatic rings. The molecule has 0 saturated heterocycles. The van der Waals surface area contributed by atoms with Crippen molar-refractivity contribution in [3.05, 3.63) is 88.4 Å². The molecule has 0 heterocycles. The number of carbonyl (C=O) groups excluding carboxylic acids is 2. The number of ether oxygens (including phenoxy) is 2. The number of rotatable bonds is 11. The fourth-order valence-corrected chi connectivity index (χ4v) is 4.25. The summed E-state index contributed by atoms with van der Waals surface area (Å²) in [7, 11) is 1.54. The van der Waals surface area contributed by atoms with E-state index < -0.39 is 0 Å². The summed E-state index contributed by atoms with van der Waals surface area (Å²) in [6, 6.07) is 22.1. The van der Waals surface area contributed by atoms with Gasteiger partial charge in [0.25, 0.3) is 5.91 Å². The molecule has 0 spiro atoms. The van der Waals surface area contributed by atoms with E-state index in [9.17, 15) is 9.59 Å². The van der Waals surface area contributed by atoms with Crippen LogP contribution in [0.2, 0.25) is 0 Å². The number of hydrogen-bond acceptors (Lipinski definition) is 6. The van der Waals surface area contributed by atoms with Crippen molar-refractivity contribution >= 4 is 51.4 Å². The molecule has 3 aromatic carbocycles. The number of nitrogens with one attached hydrogen (secondary N) is 2. The Hall–Kier alpha value is -3.30. The highest BCUT2D eigenvalue weighted by Crippen LogP contribution is 2.23. The second-order valence-corrected chi connectivity index (χ2v) is 8.82. The number of hydrogen-bond donors (Lipinski definition) is 2. The smallest absolute Gasteiger partial charge is 0.262 e. The van der Waals surface area contributed by atoms with Crippen molar-refractivity contribution in [2.45, 2.75) is 5.75 Å². The van der Waals surface area contributed by atoms with Crippen LogP contribution in [0.15, 0.2) is 82.4 Å². The van der Waals surface area contributed by atoms with Gasteiger partial charge in [-0.2, -0.15) is 5.10 Å². The van der Waals surface area contributed by atoms with Crippen molar-refractivity contribution in [1.82, 2.24) is 5.43 Å². The number of carbonyl (C=O) groups is 2. The largest absolute Gasteiger partial charge is 0.495 e. The molecule has 0 saturated carbocycles. The Balaban J connectivity index is 1.38. The first-order valence-electron chi connectivity index (χ1n) is 10.3. The van der Waals surface area contributed by atoms with Crippen molar-refractivity contribution in [2.24, 2.45) is 5.10 Å². The molecule has 0 unspecified atom stereocenters. The Morgan fingerprint density at radius 1 is 1.00 bits per heavy atom. The minimum absolute atomic E-state index is 0.140. The van der Waals surface area contributed by atoms with Gasteiger partial charge in [-0.1, -0.05) is 46.3 Å². The minimum Gasteiger partial charge on any atom is -0.495 e. The average Bonchev–Trinajstić information content (AvgIpc) is 2.85. The number of para-hydroxylation sites is 2. The zero-order valence-corrected chi connectivity index (χ0v) is 20.9. The highest BCUT2D eigenvalue weighted by atomic mass is 79.9. The van der Waals surface area contributed by atoms with Gasteiger partial charge in [0.05, 0.1) is 24.8 Å². The quantitative estimate of drug-likeness (QED) is 0.267. The summed E-state index contributed by atoms with van der Waals surface area (Å²) in [6.07, 6.45) is 1.55. The monoisotopic (exact) mass is 541 g/mol. The van der Waals surface area contributed by atoms with Crippen molar-refractivity contribution in [3.8, 4) is 11.5 Å². The summed E-state index contributed by atoms with van der Waals surface area (Å²) in [4.78, 5) is 24.1. The van der Waals surface area contributed by atoms with Crippen LogP contribution in [0, 0.1) is 0 Å². The third-order valence-corrected chi connectivity index (χ3v) is 6.24. The predicted molar refractivity (Wildman–Crippen MR) is 140 cm³/mol. The second-order valence-electron chi connectivity index (χ2n) is 6.98. The molecule has 34 heavy (non-hydrogen) atoms. The summed E-state index contributed by atoms with van der Waals surface area (Å²) in [5.74, 6) is 1.69. The third kappa shape index (κ3) is 8.24. The van der Waals surface area contributed by atoms with Gasteiger partial charge in [-0.05, 0) is 53.6 Å². The maximum atomic E-state index is 12.1. The fraction of sp³-hybridized carbons (Fsp3) is 0.160. The normalized spacial score (nSPS) is 10.6. The SMILES string of the molecule is COc1ccccc1NC(=O)COc1ccc(C=NNC(=O)CSCc2ccccc2Br)cc1. The Kier molecular flexibility index (Phi) is 9.99. The van der Waals surface area contributed by atoms with Crippen LogP contribution < -0.4 is 20.2 Å². The standard InChI is InChI=1S/C25H24BrN3O4S/c1-32-23-9-5-4-8-22(23)28-24(30)15-33-20-12-10-18(11-13-20)14-27-29-25(31)17-34-16-19-6-2-3-7-21(19)26/h2-14H,15-17H2,1H3,(H,28,30)(H,29,31). The van der Waals surface area contributed by atoms with E-state index in [4.69, 9.17) is 9.47 Å². The molecule has 176 valence electrons. The zero-order chi connectivity index (χ0) is 24.2. The summed E-state index contributed by atoms with van der Waals surface area (Å²) < 4.78 is 11.8. The number of amides is 2. The molecule has 0 aliphatic heterocycles. The van der Waals surface area contributed by atoms with Crippen molar-refractivity contribution in [2.75, 3.05) is 24.8 Å². The minimum atomic E-state index is -0.296. The Labute approximate surface area is 211 Å². The number of methoxy groups -OCH3 is 1. The summed E-state index contributed by atoms with van der Waals surface area (Å²) >= 11 is 5.02. The van der Waals surface area contributed by atoms with Gasteiger partial charge in [-0.15, -0.1) is 11.8 Å². The molecular weight excluding hydrogens is 518 g/mol. The van der Waals surface area contributed by atoms with Crippen molar-refractivity contribution < 1.29 is 19.1 Å². The Bertz CT molecular complexity index is 1140. The molecular formula is C25H24BrN3O4S. The van der Waals surface area contributed by atoms with Crippen molar-refractivity contribution in [3.63, 3.8) is 0 Å². The molecule has 2 N–H and O–H groups in total. The highest BCUT2D eigenvalue weighted by molar-refractivity contribution is 9.10. The van der Waals surface area contributed by atoms with E-state index >= 15 is 0 Å². The summed E-state index contributed by atoms with van der Waals surface area (Å²) in [5, 5.41) is 6.74. The first-order chi connectivity index (χ1) is 16.5. The molecule has 9 heteroatoms. The van der Waals surface area contributed by atoms with E-state index in [0.717, 1.165) is 21.4 Å². The molecule has 0 aliphatic carbocycles. The molecule has 0 aromatic heterocycles. The van der Waals surface area contributed by atoms with E-state index in [0.29, 0.717) is 22.9 Å². The van der Waals surface area contributed by atoms with Gasteiger partial charge in [0.2, 0.25) is 5.91 Å². The van der Waals surface area contributed by atoms with Crippen LogP contribution in [-0.2, 0) is 15.3 Å². The molecule has 0 aliphatic rings. The first kappa shape index (κ1) is 25.3. The van der Waals surface area contributed by atoms with E-state index in [1.54, 1.807) is 49.7 Å². The fourth-order valence-electron chi connectivity index (χ4n) is 2.81. The van der Waals surface area contributed by atoms with Crippen LogP contribution in [-0.4, -0.2) is 37.5 Å². The van der Waals surface area contributed by atoms with E-state index in [1.165, 1.54) is 11.8 Å². The third-order valence-electron chi connectivity index (χ3n) is 4.48. The van der Waals surface area contributed by atoms with Gasteiger partial charge in [-0.3, -0.25) is 9.59 Å². The zero-order valence-electron chi connectivity index (χ0n) is 18.5. The Morgan fingerprint density at radius 2 is 1.74 bits per heavy atom. The molecule has 0 atom stereocenters. The van der Waals surface area contributed by atoms with Gasteiger partial charge in [0.1, 0.15) is 11.5 Å². The van der Waals surface area contributed by atoms with E-state index in [2.05, 4.69) is 31.8 Å². The molecule has 2 amide bonds. The lowest BCUT2D eigenvalue weighted by atomic mass is 10.2. The maximum Gasteiger partial charge on any atom is 0.262 e. The average molecular weight is 542 g/mol. The van der Waals surface area contributed by atoms with Gasteiger partial charge in [0.15, 0.2) is 6.61 Å². The van der Waals surface area contributed by atoms with Gasteiger partial charge in [-0.25, -0.2) is 5.43 Å². The van der Waals surface area contributed by atoms with E-state index in [-0.39, 0.29) is 18.4 Å². The molecule has 0 fully saturated rings. The van der Waals surface area contributed by atoms with Crippen LogP contribution in [0.5, 0.6) is 11.5 Å². The molecule has 0 radical (unpaired) electrons. The van der Waals surface area contributed by atoms with Gasteiger partial charge >= 0.3 is 0 Å². The van der Waals surface area contributed by atoms with Gasteiger partial charge < -0.3 is 14.8 Å². The van der Waals surface area contributed by atoms with Crippen molar-refractivity contribution in [1.29, 1.82) is 0 Å². The predicted octanol–water partition coefficient (Wildman–Crippen LogP) is 4.86. The molecule has 3 rings (SSSR count). The lowest BCUT2D eigenvalue weighted by Crippen LogP contribution is -2.20.